The van der Waals surface area contributed by atoms with Crippen molar-refractivity contribution >= 4 is 17.6 Å². The first kappa shape index (κ1) is 21.7. The van der Waals surface area contributed by atoms with Crippen molar-refractivity contribution in [3.63, 3.8) is 0 Å². The Morgan fingerprint density at radius 1 is 1.13 bits per heavy atom. The lowest BCUT2D eigenvalue weighted by molar-refractivity contribution is -0.0556. The van der Waals surface area contributed by atoms with E-state index in [9.17, 15) is 9.59 Å². The van der Waals surface area contributed by atoms with Gasteiger partial charge in [-0.2, -0.15) is 0 Å². The minimum Gasteiger partial charge on any atom is -0.462 e. The number of piperidine rings is 1. The highest BCUT2D eigenvalue weighted by molar-refractivity contribution is 5.93. The van der Waals surface area contributed by atoms with Crippen LogP contribution in [0.15, 0.2) is 30.5 Å². The van der Waals surface area contributed by atoms with Gasteiger partial charge in [0.25, 0.3) is 0 Å². The Morgan fingerprint density at radius 3 is 2.48 bits per heavy atom. The summed E-state index contributed by atoms with van der Waals surface area (Å²) < 4.78 is 12.9. The number of pyridine rings is 1. The molecule has 0 aromatic carbocycles. The second-order valence-electron chi connectivity index (χ2n) is 9.83. The van der Waals surface area contributed by atoms with Crippen molar-refractivity contribution in [2.45, 2.75) is 52.7 Å². The summed E-state index contributed by atoms with van der Waals surface area (Å²) >= 11 is 0. The molecule has 0 bridgehead atoms. The molecule has 2 aromatic rings. The van der Waals surface area contributed by atoms with Crippen LogP contribution in [0, 0.1) is 5.41 Å². The number of amides is 1. The van der Waals surface area contributed by atoms with Gasteiger partial charge < -0.3 is 18.8 Å². The lowest BCUT2D eigenvalue weighted by Crippen LogP contribution is -2.60. The van der Waals surface area contributed by atoms with E-state index in [4.69, 9.17) is 9.47 Å². The predicted molar refractivity (Wildman–Crippen MR) is 118 cm³/mol. The zero-order valence-corrected chi connectivity index (χ0v) is 19.0. The molecule has 1 amide bonds. The molecule has 2 aromatic heterocycles. The number of carbonyl (C=O) groups excluding carboxylic acids is 2. The average Bonchev–Trinajstić information content (AvgIpc) is 3.05. The maximum atomic E-state index is 12.5. The van der Waals surface area contributed by atoms with Gasteiger partial charge in [-0.25, -0.2) is 9.59 Å². The van der Waals surface area contributed by atoms with Crippen LogP contribution in [0.1, 0.15) is 56.6 Å². The summed E-state index contributed by atoms with van der Waals surface area (Å²) in [5.41, 5.74) is 2.43. The van der Waals surface area contributed by atoms with E-state index >= 15 is 0 Å². The van der Waals surface area contributed by atoms with Crippen molar-refractivity contribution in [2.24, 2.45) is 5.41 Å². The van der Waals surface area contributed by atoms with E-state index in [0.717, 1.165) is 50.2 Å². The normalized spacial score (nSPS) is 18.8. The molecule has 168 valence electrons. The van der Waals surface area contributed by atoms with Crippen LogP contribution in [0.2, 0.25) is 0 Å². The predicted octanol–water partition coefficient (Wildman–Crippen LogP) is 3.95. The number of hydrogen-bond donors (Lipinski definition) is 0. The molecule has 1 spiro atoms. The summed E-state index contributed by atoms with van der Waals surface area (Å²) in [5.74, 6) is -0.262. The van der Waals surface area contributed by atoms with Gasteiger partial charge in [-0.15, -0.1) is 0 Å². The first-order valence-corrected chi connectivity index (χ1v) is 11.2. The van der Waals surface area contributed by atoms with Crippen LogP contribution in [0.3, 0.4) is 0 Å². The summed E-state index contributed by atoms with van der Waals surface area (Å²) in [7, 11) is 0. The summed E-state index contributed by atoms with van der Waals surface area (Å²) in [6.45, 7) is 12.1. The molecule has 2 fully saturated rings. The van der Waals surface area contributed by atoms with E-state index in [2.05, 4.69) is 9.30 Å². The number of aromatic nitrogens is 1. The van der Waals surface area contributed by atoms with Gasteiger partial charge in [0.2, 0.25) is 0 Å². The third-order valence-electron chi connectivity index (χ3n) is 6.25. The quantitative estimate of drug-likeness (QED) is 0.692. The maximum Gasteiger partial charge on any atom is 0.410 e. The first-order valence-electron chi connectivity index (χ1n) is 11.2. The lowest BCUT2D eigenvalue weighted by Gasteiger charge is -2.54. The van der Waals surface area contributed by atoms with Gasteiger partial charge in [-0.1, -0.05) is 6.07 Å². The smallest absolute Gasteiger partial charge is 0.410 e. The molecule has 7 heteroatoms. The molecule has 31 heavy (non-hydrogen) atoms. The molecule has 2 saturated heterocycles. The van der Waals surface area contributed by atoms with Crippen LogP contribution in [-0.4, -0.2) is 64.7 Å². The Bertz CT molecular complexity index is 959. The van der Waals surface area contributed by atoms with Crippen LogP contribution in [-0.2, 0) is 16.0 Å². The number of fused-ring (bicyclic) bond motifs is 1. The van der Waals surface area contributed by atoms with E-state index in [1.807, 2.05) is 63.1 Å². The summed E-state index contributed by atoms with van der Waals surface area (Å²) in [4.78, 5) is 29.1. The fourth-order valence-corrected chi connectivity index (χ4v) is 4.76. The Hall–Kier alpha value is -2.54. The Kier molecular flexibility index (Phi) is 5.73. The van der Waals surface area contributed by atoms with Gasteiger partial charge in [-0.3, -0.25) is 4.90 Å². The van der Waals surface area contributed by atoms with Gasteiger partial charge >= 0.3 is 12.1 Å². The molecular formula is C24H33N3O4. The van der Waals surface area contributed by atoms with Crippen LogP contribution in [0.5, 0.6) is 0 Å². The Balaban J connectivity index is 1.39. The molecule has 0 aliphatic carbocycles. The number of rotatable bonds is 4. The number of ether oxygens (including phenoxy) is 2. The number of hydrogen-bond acceptors (Lipinski definition) is 5. The standard InChI is InChI=1S/C24H33N3O4/c1-5-30-21(28)19-14-18-8-6-7-11-27(18)20(19)15-25-16-24(17-25)9-12-26(13-10-24)22(29)31-23(2,3)4/h6-8,11,14H,5,9-10,12-13,15-17H2,1-4H3. The summed E-state index contributed by atoms with van der Waals surface area (Å²) in [6.07, 6.45) is 3.77. The molecule has 0 radical (unpaired) electrons. The summed E-state index contributed by atoms with van der Waals surface area (Å²) in [5, 5.41) is 0. The third kappa shape index (κ3) is 4.56. The zero-order chi connectivity index (χ0) is 22.2. The minimum absolute atomic E-state index is 0.211. The number of carbonyl (C=O) groups is 2. The average molecular weight is 428 g/mol. The van der Waals surface area contributed by atoms with Crippen LogP contribution in [0.25, 0.3) is 5.52 Å². The van der Waals surface area contributed by atoms with Crippen LogP contribution < -0.4 is 0 Å². The molecular weight excluding hydrogens is 394 g/mol. The highest BCUT2D eigenvalue weighted by Gasteiger charge is 2.46. The van der Waals surface area contributed by atoms with Crippen molar-refractivity contribution in [1.82, 2.24) is 14.2 Å². The van der Waals surface area contributed by atoms with Gasteiger partial charge in [0, 0.05) is 44.4 Å². The van der Waals surface area contributed by atoms with Gasteiger partial charge in [-0.05, 0) is 64.2 Å². The number of esters is 1. The number of likely N-dealkylation sites (tertiary alicyclic amines) is 2. The molecule has 0 atom stereocenters. The first-order chi connectivity index (χ1) is 14.7. The minimum atomic E-state index is -0.462. The highest BCUT2D eigenvalue weighted by Crippen LogP contribution is 2.41. The fourth-order valence-electron chi connectivity index (χ4n) is 4.76. The van der Waals surface area contributed by atoms with Gasteiger partial charge in [0.15, 0.2) is 0 Å². The Morgan fingerprint density at radius 2 is 1.84 bits per heavy atom. The second kappa shape index (κ2) is 8.19. The largest absolute Gasteiger partial charge is 0.462 e. The molecule has 0 unspecified atom stereocenters. The maximum absolute atomic E-state index is 12.5. The molecule has 4 rings (SSSR count). The van der Waals surface area contributed by atoms with Crippen molar-refractivity contribution in [3.8, 4) is 0 Å². The second-order valence-corrected chi connectivity index (χ2v) is 9.83. The topological polar surface area (TPSA) is 63.5 Å². The van der Waals surface area contributed by atoms with E-state index in [-0.39, 0.29) is 17.5 Å². The Labute approximate surface area is 183 Å². The van der Waals surface area contributed by atoms with E-state index in [0.29, 0.717) is 18.7 Å². The van der Waals surface area contributed by atoms with Crippen LogP contribution in [0.4, 0.5) is 4.79 Å². The van der Waals surface area contributed by atoms with Crippen molar-refractivity contribution in [2.75, 3.05) is 32.8 Å². The van der Waals surface area contributed by atoms with Crippen molar-refractivity contribution < 1.29 is 19.1 Å². The fraction of sp³-hybridized carbons (Fsp3) is 0.583. The number of nitrogens with zero attached hydrogens (tertiary/aromatic N) is 3. The lowest BCUT2D eigenvalue weighted by atomic mass is 9.72. The zero-order valence-electron chi connectivity index (χ0n) is 19.0. The molecule has 2 aliphatic heterocycles. The molecule has 2 aliphatic rings. The van der Waals surface area contributed by atoms with Gasteiger partial charge in [0.05, 0.1) is 17.9 Å². The van der Waals surface area contributed by atoms with E-state index < -0.39 is 5.60 Å². The monoisotopic (exact) mass is 427 g/mol. The SMILES string of the molecule is CCOC(=O)c1cc2ccccn2c1CN1CC2(CCN(C(=O)OC(C)(C)C)CC2)C1. The third-order valence-corrected chi connectivity index (χ3v) is 6.25. The van der Waals surface area contributed by atoms with Crippen LogP contribution >= 0.6 is 0 Å². The van der Waals surface area contributed by atoms with Gasteiger partial charge in [0.1, 0.15) is 5.60 Å². The van der Waals surface area contributed by atoms with Crippen molar-refractivity contribution in [1.29, 1.82) is 0 Å². The van der Waals surface area contributed by atoms with E-state index in [1.54, 1.807) is 0 Å². The molecule has 4 heterocycles. The van der Waals surface area contributed by atoms with E-state index in [1.165, 1.54) is 0 Å². The van der Waals surface area contributed by atoms with Crippen molar-refractivity contribution in [3.05, 3.63) is 41.7 Å². The molecule has 0 saturated carbocycles. The molecule has 7 nitrogen and oxygen atoms in total. The highest BCUT2D eigenvalue weighted by atomic mass is 16.6. The summed E-state index contributed by atoms with van der Waals surface area (Å²) in [6, 6.07) is 7.89. The molecule has 0 N–H and O–H groups in total.